The average Bonchev–Trinajstić information content (AvgIpc) is 2.53. The van der Waals surface area contributed by atoms with Crippen LogP contribution in [0.5, 0.6) is 5.75 Å². The summed E-state index contributed by atoms with van der Waals surface area (Å²) in [6.07, 6.45) is -1.12. The van der Waals surface area contributed by atoms with Gasteiger partial charge >= 0.3 is 17.9 Å². The fraction of sp³-hybridized carbons (Fsp3) is 0.500. The van der Waals surface area contributed by atoms with Crippen molar-refractivity contribution in [3.63, 3.8) is 0 Å². The number of esters is 3. The number of carbonyl (C=O) groups excluding carboxylic acids is 3. The highest BCUT2D eigenvalue weighted by molar-refractivity contribution is 9.10. The first-order valence-electron chi connectivity index (χ1n) is 7.68. The number of hydrogen-bond donors (Lipinski definition) is 0. The lowest BCUT2D eigenvalue weighted by molar-refractivity contribution is -0.186. The third-order valence-electron chi connectivity index (χ3n) is 3.27. The zero-order chi connectivity index (χ0) is 19.3. The predicted octanol–water partition coefficient (Wildman–Crippen LogP) is 2.09. The van der Waals surface area contributed by atoms with E-state index in [4.69, 9.17) is 18.9 Å². The van der Waals surface area contributed by atoms with Gasteiger partial charge in [0.2, 0.25) is 0 Å². The zero-order valence-electron chi connectivity index (χ0n) is 14.3. The summed E-state index contributed by atoms with van der Waals surface area (Å²) in [6.45, 7) is 3.72. The van der Waals surface area contributed by atoms with Crippen molar-refractivity contribution in [2.24, 2.45) is 0 Å². The van der Waals surface area contributed by atoms with Crippen LogP contribution in [0.3, 0.4) is 0 Å². The lowest BCUT2D eigenvalue weighted by Gasteiger charge is -2.39. The van der Waals surface area contributed by atoms with E-state index < -0.39 is 41.7 Å². The summed E-state index contributed by atoms with van der Waals surface area (Å²) >= 11 is 4.57. The molecule has 0 spiro atoms. The minimum Gasteiger partial charge on any atom is -0.473 e. The van der Waals surface area contributed by atoms with E-state index in [-0.39, 0.29) is 0 Å². The van der Waals surface area contributed by atoms with E-state index in [1.807, 2.05) is 0 Å². The maximum atomic E-state index is 11.6. The molecule has 8 nitrogen and oxygen atoms in total. The zero-order valence-corrected chi connectivity index (χ0v) is 16.7. The van der Waals surface area contributed by atoms with Gasteiger partial charge in [-0.2, -0.15) is 0 Å². The molecule has 0 N–H and O–H groups in total. The Kier molecular flexibility index (Phi) is 7.27. The standard InChI is InChI=1S/C16H18BrNO7S/c1-8(19)22-12-7-26-16(25-11-5-4-6-18-15(11)17)14(24-10(3)21)13(12)23-9(2)20/h4-6,12-14,16H,7H2,1-3H3/t12-,13+,14-,16-/m1/s1. The van der Waals surface area contributed by atoms with E-state index in [1.165, 1.54) is 32.5 Å². The molecular weight excluding hydrogens is 430 g/mol. The second kappa shape index (κ2) is 9.22. The minimum absolute atomic E-state index is 0.303. The van der Waals surface area contributed by atoms with Gasteiger partial charge in [0.25, 0.3) is 0 Å². The number of hydrogen-bond acceptors (Lipinski definition) is 9. The van der Waals surface area contributed by atoms with Gasteiger partial charge < -0.3 is 18.9 Å². The van der Waals surface area contributed by atoms with Crippen molar-refractivity contribution in [1.82, 2.24) is 4.98 Å². The third kappa shape index (κ3) is 5.60. The van der Waals surface area contributed by atoms with Gasteiger partial charge in [-0.3, -0.25) is 14.4 Å². The first-order chi connectivity index (χ1) is 12.3. The van der Waals surface area contributed by atoms with Gasteiger partial charge in [0.1, 0.15) is 4.60 Å². The van der Waals surface area contributed by atoms with Gasteiger partial charge in [-0.1, -0.05) is 0 Å². The van der Waals surface area contributed by atoms with Crippen LogP contribution in [-0.4, -0.2) is 52.4 Å². The van der Waals surface area contributed by atoms with Crippen LogP contribution in [-0.2, 0) is 28.6 Å². The first kappa shape index (κ1) is 20.5. The van der Waals surface area contributed by atoms with Crippen LogP contribution in [0.4, 0.5) is 0 Å². The molecular formula is C16H18BrNO7S. The molecule has 0 saturated carbocycles. The summed E-state index contributed by atoms with van der Waals surface area (Å²) in [6, 6.07) is 3.39. The lowest BCUT2D eigenvalue weighted by Crippen LogP contribution is -2.55. The van der Waals surface area contributed by atoms with E-state index in [1.54, 1.807) is 18.3 Å². The maximum Gasteiger partial charge on any atom is 0.303 e. The van der Waals surface area contributed by atoms with Crippen molar-refractivity contribution in [2.45, 2.75) is 44.5 Å². The summed E-state index contributed by atoms with van der Waals surface area (Å²) < 4.78 is 22.3. The molecule has 0 aromatic carbocycles. The van der Waals surface area contributed by atoms with Gasteiger partial charge in [-0.25, -0.2) is 4.98 Å². The van der Waals surface area contributed by atoms with Gasteiger partial charge in [0, 0.05) is 32.7 Å². The average molecular weight is 448 g/mol. The number of rotatable bonds is 5. The van der Waals surface area contributed by atoms with Crippen LogP contribution in [0, 0.1) is 0 Å². The van der Waals surface area contributed by atoms with Crippen LogP contribution in [0.15, 0.2) is 22.9 Å². The Morgan fingerprint density at radius 2 is 1.69 bits per heavy atom. The Hall–Kier alpha value is -1.81. The van der Waals surface area contributed by atoms with Crippen molar-refractivity contribution in [3.8, 4) is 5.75 Å². The fourth-order valence-corrected chi connectivity index (χ4v) is 3.95. The molecule has 1 aromatic rings. The van der Waals surface area contributed by atoms with Crippen molar-refractivity contribution in [3.05, 3.63) is 22.9 Å². The Bertz CT molecular complexity index is 686. The van der Waals surface area contributed by atoms with Crippen molar-refractivity contribution >= 4 is 45.6 Å². The smallest absolute Gasteiger partial charge is 0.303 e. The summed E-state index contributed by atoms with van der Waals surface area (Å²) in [5, 5.41) is 0. The molecule has 0 aliphatic carbocycles. The number of ether oxygens (including phenoxy) is 4. The molecule has 0 radical (unpaired) electrons. The van der Waals surface area contributed by atoms with E-state index >= 15 is 0 Å². The largest absolute Gasteiger partial charge is 0.473 e. The molecule has 0 unspecified atom stereocenters. The molecule has 1 aliphatic heterocycles. The lowest BCUT2D eigenvalue weighted by atomic mass is 10.1. The SMILES string of the molecule is CC(=O)O[C@@H]1[C@@H](OC(C)=O)[C@H](OC(C)=O)CS[C@H]1Oc1cccnc1Br. The monoisotopic (exact) mass is 447 g/mol. The minimum atomic E-state index is -0.984. The Morgan fingerprint density at radius 3 is 2.27 bits per heavy atom. The molecule has 1 aromatic heterocycles. The predicted molar refractivity (Wildman–Crippen MR) is 95.5 cm³/mol. The van der Waals surface area contributed by atoms with Gasteiger partial charge in [0.15, 0.2) is 29.5 Å². The van der Waals surface area contributed by atoms with Crippen LogP contribution >= 0.6 is 27.7 Å². The molecule has 1 aliphatic rings. The Balaban J connectivity index is 2.29. The molecule has 0 amide bonds. The Morgan fingerprint density at radius 1 is 1.08 bits per heavy atom. The van der Waals surface area contributed by atoms with E-state index in [9.17, 15) is 14.4 Å². The van der Waals surface area contributed by atoms with Gasteiger partial charge in [0.05, 0.1) is 0 Å². The Labute approximate surface area is 163 Å². The first-order valence-corrected chi connectivity index (χ1v) is 9.52. The molecule has 4 atom stereocenters. The van der Waals surface area contributed by atoms with Crippen molar-refractivity contribution in [1.29, 1.82) is 0 Å². The van der Waals surface area contributed by atoms with E-state index in [0.717, 1.165) is 0 Å². The summed E-state index contributed by atoms with van der Waals surface area (Å²) in [5.41, 5.74) is -0.685. The molecule has 1 saturated heterocycles. The topological polar surface area (TPSA) is 101 Å². The molecule has 1 fully saturated rings. The normalized spacial score (nSPS) is 25.1. The molecule has 2 rings (SSSR count). The van der Waals surface area contributed by atoms with Gasteiger partial charge in [-0.05, 0) is 28.1 Å². The molecule has 26 heavy (non-hydrogen) atoms. The van der Waals surface area contributed by atoms with Crippen LogP contribution in [0.25, 0.3) is 0 Å². The number of nitrogens with zero attached hydrogens (tertiary/aromatic N) is 1. The number of aromatic nitrogens is 1. The second-order valence-corrected chi connectivity index (χ2v) is 7.29. The summed E-state index contributed by atoms with van der Waals surface area (Å²) in [7, 11) is 0. The van der Waals surface area contributed by atoms with Gasteiger partial charge in [-0.15, -0.1) is 11.8 Å². The summed E-state index contributed by atoms with van der Waals surface area (Å²) in [5.74, 6) is -0.941. The number of pyridine rings is 1. The third-order valence-corrected chi connectivity index (χ3v) is 5.08. The summed E-state index contributed by atoms with van der Waals surface area (Å²) in [4.78, 5) is 38.5. The maximum absolute atomic E-state index is 11.6. The highest BCUT2D eigenvalue weighted by Gasteiger charge is 2.47. The highest BCUT2D eigenvalue weighted by atomic mass is 79.9. The highest BCUT2D eigenvalue weighted by Crippen LogP contribution is 2.35. The van der Waals surface area contributed by atoms with Crippen molar-refractivity contribution in [2.75, 3.05) is 5.75 Å². The molecule has 0 bridgehead atoms. The molecule has 10 heteroatoms. The van der Waals surface area contributed by atoms with Crippen LogP contribution in [0.2, 0.25) is 0 Å². The number of halogens is 1. The number of carbonyl (C=O) groups is 3. The number of thioether (sulfide) groups is 1. The van der Waals surface area contributed by atoms with Crippen molar-refractivity contribution < 1.29 is 33.3 Å². The quantitative estimate of drug-likeness (QED) is 0.381. The van der Waals surface area contributed by atoms with E-state index in [0.29, 0.717) is 16.1 Å². The molecule has 2 heterocycles. The van der Waals surface area contributed by atoms with E-state index in [2.05, 4.69) is 20.9 Å². The van der Waals surface area contributed by atoms with Crippen LogP contribution in [0.1, 0.15) is 20.8 Å². The second-order valence-electron chi connectivity index (χ2n) is 5.41. The van der Waals surface area contributed by atoms with Crippen LogP contribution < -0.4 is 4.74 Å². The fourth-order valence-electron chi connectivity index (χ4n) is 2.39. The molecule has 142 valence electrons.